The fraction of sp³-hybridized carbons (Fsp3) is 0.389. The highest BCUT2D eigenvalue weighted by Crippen LogP contribution is 2.27. The minimum Gasteiger partial charge on any atom is -0.336 e. The van der Waals surface area contributed by atoms with Crippen LogP contribution in [0.2, 0.25) is 0 Å². The molecule has 0 saturated carbocycles. The molecule has 6 nitrogen and oxygen atoms in total. The van der Waals surface area contributed by atoms with Crippen molar-refractivity contribution in [2.45, 2.75) is 31.3 Å². The number of hydrogen-bond donors (Lipinski definition) is 2. The highest BCUT2D eigenvalue weighted by Gasteiger charge is 2.32. The molecule has 2 saturated heterocycles. The Morgan fingerprint density at radius 3 is 2.80 bits per heavy atom. The molecule has 130 valence electrons. The first-order chi connectivity index (χ1) is 12.2. The summed E-state index contributed by atoms with van der Waals surface area (Å²) in [6.45, 7) is 1.51. The Labute approximate surface area is 150 Å². The molecule has 0 aromatic carbocycles. The summed E-state index contributed by atoms with van der Waals surface area (Å²) in [7, 11) is 0. The topological polar surface area (TPSA) is 74.3 Å². The smallest absolute Gasteiger partial charge is 0.266 e. The molecule has 2 fully saturated rings. The lowest BCUT2D eigenvalue weighted by molar-refractivity contribution is 0.0754. The number of pyridine rings is 1. The highest BCUT2D eigenvalue weighted by molar-refractivity contribution is 7.12. The van der Waals surface area contributed by atoms with Gasteiger partial charge in [0.15, 0.2) is 0 Å². The predicted molar refractivity (Wildman–Crippen MR) is 97.0 cm³/mol. The number of rotatable bonds is 3. The molecule has 2 aliphatic rings. The van der Waals surface area contributed by atoms with Gasteiger partial charge in [-0.25, -0.2) is 0 Å². The molecule has 2 bridgehead atoms. The minimum absolute atomic E-state index is 0.00868. The summed E-state index contributed by atoms with van der Waals surface area (Å²) in [5, 5.41) is 8.29. The number of thiophene rings is 1. The molecular weight excluding hydrogens is 336 g/mol. The van der Waals surface area contributed by atoms with E-state index in [1.54, 1.807) is 30.6 Å². The second-order valence-electron chi connectivity index (χ2n) is 6.53. The monoisotopic (exact) mass is 356 g/mol. The summed E-state index contributed by atoms with van der Waals surface area (Å²) in [5.41, 5.74) is 1.11. The van der Waals surface area contributed by atoms with E-state index in [1.165, 1.54) is 17.8 Å². The van der Waals surface area contributed by atoms with E-state index in [4.69, 9.17) is 0 Å². The van der Waals surface area contributed by atoms with Crippen LogP contribution < -0.4 is 10.6 Å². The van der Waals surface area contributed by atoms with E-state index in [1.807, 2.05) is 10.3 Å². The first-order valence-electron chi connectivity index (χ1n) is 8.55. The second kappa shape index (κ2) is 6.93. The number of nitrogens with one attached hydrogen (secondary N) is 2. The van der Waals surface area contributed by atoms with E-state index in [9.17, 15) is 9.59 Å². The van der Waals surface area contributed by atoms with Crippen molar-refractivity contribution in [1.82, 2.24) is 15.2 Å². The maximum Gasteiger partial charge on any atom is 0.266 e. The normalized spacial score (nSPS) is 22.5. The van der Waals surface area contributed by atoms with Crippen LogP contribution in [0.4, 0.5) is 5.69 Å². The van der Waals surface area contributed by atoms with Crippen LogP contribution in [-0.2, 0) is 0 Å². The summed E-state index contributed by atoms with van der Waals surface area (Å²) < 4.78 is 0. The lowest BCUT2D eigenvalue weighted by Gasteiger charge is -2.24. The standard InChI is InChI=1S/C18H20N4O2S/c23-17(12-3-7-19-8-4-12)21-15-6-10-25-16(15)18(24)22-9-5-13-1-2-14(11-22)20-13/h3-4,6-8,10,13-14,20H,1-2,5,9,11H2,(H,21,23). The van der Waals surface area contributed by atoms with Crippen molar-refractivity contribution in [3.63, 3.8) is 0 Å². The number of hydrogen-bond acceptors (Lipinski definition) is 5. The lowest BCUT2D eigenvalue weighted by Crippen LogP contribution is -2.39. The Hall–Kier alpha value is -2.25. The van der Waals surface area contributed by atoms with E-state index in [0.29, 0.717) is 28.2 Å². The average molecular weight is 356 g/mol. The first-order valence-corrected chi connectivity index (χ1v) is 9.43. The van der Waals surface area contributed by atoms with Crippen LogP contribution in [0.15, 0.2) is 36.0 Å². The molecule has 2 N–H and O–H groups in total. The van der Waals surface area contributed by atoms with Crippen LogP contribution >= 0.6 is 11.3 Å². The number of carbonyl (C=O) groups is 2. The van der Waals surface area contributed by atoms with Gasteiger partial charge in [0, 0.05) is 43.1 Å². The number of anilines is 1. The largest absolute Gasteiger partial charge is 0.336 e. The van der Waals surface area contributed by atoms with Crippen molar-refractivity contribution < 1.29 is 9.59 Å². The Kier molecular flexibility index (Phi) is 4.50. The molecule has 7 heteroatoms. The third-order valence-corrected chi connectivity index (χ3v) is 5.76. The van der Waals surface area contributed by atoms with Gasteiger partial charge in [-0.05, 0) is 42.8 Å². The third-order valence-electron chi connectivity index (χ3n) is 4.86. The lowest BCUT2D eigenvalue weighted by atomic mass is 10.1. The Morgan fingerprint density at radius 2 is 1.96 bits per heavy atom. The summed E-state index contributed by atoms with van der Waals surface area (Å²) in [6.07, 6.45) is 6.48. The van der Waals surface area contributed by atoms with Crippen LogP contribution in [0.3, 0.4) is 0 Å². The Bertz CT molecular complexity index is 776. The molecule has 2 aliphatic heterocycles. The molecule has 4 rings (SSSR count). The Balaban J connectivity index is 1.49. The SMILES string of the molecule is O=C(Nc1ccsc1C(=O)N1CCC2CCC(C1)N2)c1ccncc1. The fourth-order valence-electron chi connectivity index (χ4n) is 3.54. The van der Waals surface area contributed by atoms with E-state index >= 15 is 0 Å². The average Bonchev–Trinajstić information content (AvgIpc) is 3.21. The van der Waals surface area contributed by atoms with Crippen molar-refractivity contribution in [3.8, 4) is 0 Å². The molecule has 0 spiro atoms. The van der Waals surface area contributed by atoms with Crippen molar-refractivity contribution in [2.75, 3.05) is 18.4 Å². The van der Waals surface area contributed by atoms with Crippen molar-refractivity contribution in [2.24, 2.45) is 0 Å². The van der Waals surface area contributed by atoms with E-state index in [0.717, 1.165) is 25.9 Å². The highest BCUT2D eigenvalue weighted by atomic mass is 32.1. The van der Waals surface area contributed by atoms with Crippen LogP contribution in [-0.4, -0.2) is 46.9 Å². The van der Waals surface area contributed by atoms with Gasteiger partial charge in [0.05, 0.1) is 5.69 Å². The van der Waals surface area contributed by atoms with Crippen LogP contribution in [0.1, 0.15) is 39.3 Å². The molecule has 0 radical (unpaired) electrons. The van der Waals surface area contributed by atoms with Crippen molar-refractivity contribution in [3.05, 3.63) is 46.4 Å². The zero-order valence-corrected chi connectivity index (χ0v) is 14.6. The summed E-state index contributed by atoms with van der Waals surface area (Å²) in [5.74, 6) is -0.221. The van der Waals surface area contributed by atoms with Gasteiger partial charge in [0.2, 0.25) is 0 Å². The Morgan fingerprint density at radius 1 is 1.16 bits per heavy atom. The number of fused-ring (bicyclic) bond motifs is 2. The van der Waals surface area contributed by atoms with Gasteiger partial charge in [-0.15, -0.1) is 11.3 Å². The molecule has 2 atom stereocenters. The number of carbonyl (C=O) groups excluding carboxylic acids is 2. The third kappa shape index (κ3) is 3.43. The van der Waals surface area contributed by atoms with Gasteiger partial charge in [0.25, 0.3) is 11.8 Å². The quantitative estimate of drug-likeness (QED) is 0.885. The number of aromatic nitrogens is 1. The zero-order valence-electron chi connectivity index (χ0n) is 13.8. The maximum absolute atomic E-state index is 13.0. The maximum atomic E-state index is 13.0. The summed E-state index contributed by atoms with van der Waals surface area (Å²) in [6, 6.07) is 6.03. The summed E-state index contributed by atoms with van der Waals surface area (Å²) in [4.78, 5) is 31.8. The number of nitrogens with zero attached hydrogens (tertiary/aromatic N) is 2. The molecule has 2 unspecified atom stereocenters. The molecule has 2 amide bonds. The molecule has 4 heterocycles. The van der Waals surface area contributed by atoms with E-state index in [-0.39, 0.29) is 11.8 Å². The molecule has 0 aliphatic carbocycles. The summed E-state index contributed by atoms with van der Waals surface area (Å²) >= 11 is 1.38. The van der Waals surface area contributed by atoms with E-state index < -0.39 is 0 Å². The van der Waals surface area contributed by atoms with Gasteiger partial charge in [-0.3, -0.25) is 14.6 Å². The number of amides is 2. The second-order valence-corrected chi connectivity index (χ2v) is 7.45. The van der Waals surface area contributed by atoms with E-state index in [2.05, 4.69) is 15.6 Å². The number of likely N-dealkylation sites (tertiary alicyclic amines) is 1. The predicted octanol–water partition coefficient (Wildman–Crippen LogP) is 2.36. The fourth-order valence-corrected chi connectivity index (χ4v) is 4.36. The zero-order chi connectivity index (χ0) is 17.2. The van der Waals surface area contributed by atoms with Gasteiger partial charge >= 0.3 is 0 Å². The van der Waals surface area contributed by atoms with Crippen molar-refractivity contribution >= 4 is 28.8 Å². The van der Waals surface area contributed by atoms with Crippen LogP contribution in [0, 0.1) is 0 Å². The molecule has 2 aromatic rings. The van der Waals surface area contributed by atoms with Crippen molar-refractivity contribution in [1.29, 1.82) is 0 Å². The van der Waals surface area contributed by atoms with Gasteiger partial charge in [-0.2, -0.15) is 0 Å². The molecule has 25 heavy (non-hydrogen) atoms. The molecule has 2 aromatic heterocycles. The van der Waals surface area contributed by atoms with Gasteiger partial charge < -0.3 is 15.5 Å². The first kappa shape index (κ1) is 16.2. The van der Waals surface area contributed by atoms with Gasteiger partial charge in [-0.1, -0.05) is 0 Å². The minimum atomic E-state index is -0.230. The van der Waals surface area contributed by atoms with Gasteiger partial charge in [0.1, 0.15) is 4.88 Å². The molecular formula is C18H20N4O2S. The van der Waals surface area contributed by atoms with Crippen LogP contribution in [0.25, 0.3) is 0 Å². The van der Waals surface area contributed by atoms with Crippen LogP contribution in [0.5, 0.6) is 0 Å².